The number of amides is 4. The number of ether oxygens (including phenoxy) is 1. The van der Waals surface area contributed by atoms with Crippen LogP contribution in [-0.4, -0.2) is 25.0 Å². The standard InChI is InChI=1S/C20H17ClN2O4/c1-11-4-5-12(2)16(8-11)23-19(25)15(18(24)22-20(23)26)10-13-9-14(21)6-7-17(13)27-3/h4-10H,1-3H3,(H,22,24,26)/b15-10+. The number of rotatable bonds is 3. The Hall–Kier alpha value is -3.12. The molecule has 0 atom stereocenters. The van der Waals surface area contributed by atoms with Gasteiger partial charge in [0.05, 0.1) is 12.8 Å². The molecule has 138 valence electrons. The molecule has 6 nitrogen and oxygen atoms in total. The molecule has 0 spiro atoms. The third kappa shape index (κ3) is 3.57. The zero-order chi connectivity index (χ0) is 19.7. The SMILES string of the molecule is COc1ccc(Cl)cc1/C=C1\C(=O)NC(=O)N(c2cc(C)ccc2C)C1=O. The van der Waals surface area contributed by atoms with Crippen molar-refractivity contribution >= 4 is 41.2 Å². The lowest BCUT2D eigenvalue weighted by Gasteiger charge is -2.28. The molecule has 0 bridgehead atoms. The summed E-state index contributed by atoms with van der Waals surface area (Å²) in [6, 6.07) is 9.47. The average Bonchev–Trinajstić information content (AvgIpc) is 2.61. The van der Waals surface area contributed by atoms with Gasteiger partial charge in [-0.2, -0.15) is 0 Å². The van der Waals surface area contributed by atoms with Gasteiger partial charge in [0.1, 0.15) is 11.3 Å². The van der Waals surface area contributed by atoms with Crippen molar-refractivity contribution < 1.29 is 19.1 Å². The van der Waals surface area contributed by atoms with Crippen molar-refractivity contribution in [3.05, 3.63) is 63.7 Å². The summed E-state index contributed by atoms with van der Waals surface area (Å²) in [7, 11) is 1.47. The van der Waals surface area contributed by atoms with Crippen molar-refractivity contribution in [3.63, 3.8) is 0 Å². The van der Waals surface area contributed by atoms with Crippen molar-refractivity contribution in [3.8, 4) is 5.75 Å². The van der Waals surface area contributed by atoms with Crippen LogP contribution < -0.4 is 15.0 Å². The molecule has 1 aliphatic heterocycles. The Morgan fingerprint density at radius 3 is 2.52 bits per heavy atom. The number of barbiturate groups is 1. The van der Waals surface area contributed by atoms with Crippen LogP contribution in [-0.2, 0) is 9.59 Å². The number of urea groups is 1. The van der Waals surface area contributed by atoms with Gasteiger partial charge in [-0.3, -0.25) is 14.9 Å². The zero-order valence-electron chi connectivity index (χ0n) is 15.0. The molecule has 0 unspecified atom stereocenters. The molecular weight excluding hydrogens is 368 g/mol. The van der Waals surface area contributed by atoms with E-state index in [9.17, 15) is 14.4 Å². The monoisotopic (exact) mass is 384 g/mol. The van der Waals surface area contributed by atoms with Gasteiger partial charge >= 0.3 is 6.03 Å². The number of benzene rings is 2. The molecule has 2 aromatic carbocycles. The number of nitrogens with zero attached hydrogens (tertiary/aromatic N) is 1. The predicted molar refractivity (Wildman–Crippen MR) is 103 cm³/mol. The van der Waals surface area contributed by atoms with Crippen LogP contribution >= 0.6 is 11.6 Å². The molecule has 0 aromatic heterocycles. The van der Waals surface area contributed by atoms with Crippen LogP contribution in [0, 0.1) is 13.8 Å². The maximum absolute atomic E-state index is 13.0. The summed E-state index contributed by atoms with van der Waals surface area (Å²) in [4.78, 5) is 38.6. The number of nitrogens with one attached hydrogen (secondary N) is 1. The minimum Gasteiger partial charge on any atom is -0.496 e. The lowest BCUT2D eigenvalue weighted by atomic mass is 10.0. The molecule has 4 amide bonds. The summed E-state index contributed by atoms with van der Waals surface area (Å²) in [6.45, 7) is 3.64. The third-order valence-corrected chi connectivity index (χ3v) is 4.43. The van der Waals surface area contributed by atoms with E-state index in [1.165, 1.54) is 13.2 Å². The first-order chi connectivity index (χ1) is 12.8. The van der Waals surface area contributed by atoms with E-state index in [1.54, 1.807) is 31.2 Å². The Morgan fingerprint density at radius 2 is 1.81 bits per heavy atom. The quantitative estimate of drug-likeness (QED) is 0.647. The maximum Gasteiger partial charge on any atom is 0.335 e. The van der Waals surface area contributed by atoms with E-state index in [4.69, 9.17) is 16.3 Å². The molecule has 1 fully saturated rings. The topological polar surface area (TPSA) is 75.7 Å². The van der Waals surface area contributed by atoms with E-state index >= 15 is 0 Å². The van der Waals surface area contributed by atoms with E-state index in [0.717, 1.165) is 16.0 Å². The van der Waals surface area contributed by atoms with E-state index in [0.29, 0.717) is 22.0 Å². The van der Waals surface area contributed by atoms with Crippen molar-refractivity contribution in [2.75, 3.05) is 12.0 Å². The molecule has 1 N–H and O–H groups in total. The maximum atomic E-state index is 13.0. The van der Waals surface area contributed by atoms with Crippen LogP contribution in [0.4, 0.5) is 10.5 Å². The molecule has 2 aromatic rings. The summed E-state index contributed by atoms with van der Waals surface area (Å²) in [5.74, 6) is -1.03. The van der Waals surface area contributed by atoms with Gasteiger partial charge in [0.15, 0.2) is 0 Å². The highest BCUT2D eigenvalue weighted by atomic mass is 35.5. The largest absolute Gasteiger partial charge is 0.496 e. The normalized spacial score (nSPS) is 15.9. The highest BCUT2D eigenvalue weighted by Crippen LogP contribution is 2.29. The van der Waals surface area contributed by atoms with Gasteiger partial charge in [0, 0.05) is 10.6 Å². The van der Waals surface area contributed by atoms with E-state index < -0.39 is 17.8 Å². The van der Waals surface area contributed by atoms with Crippen molar-refractivity contribution in [2.24, 2.45) is 0 Å². The number of hydrogen-bond donors (Lipinski definition) is 1. The molecule has 7 heteroatoms. The molecule has 3 rings (SSSR count). The Morgan fingerprint density at radius 1 is 1.07 bits per heavy atom. The first kappa shape index (κ1) is 18.7. The number of methoxy groups -OCH3 is 1. The Kier molecular flexibility index (Phi) is 5.01. The third-order valence-electron chi connectivity index (χ3n) is 4.20. The van der Waals surface area contributed by atoms with Gasteiger partial charge in [0.25, 0.3) is 11.8 Å². The lowest BCUT2D eigenvalue weighted by molar-refractivity contribution is -0.122. The molecule has 0 aliphatic carbocycles. The van der Waals surface area contributed by atoms with E-state index in [2.05, 4.69) is 5.32 Å². The number of imide groups is 2. The molecule has 0 saturated carbocycles. The lowest BCUT2D eigenvalue weighted by Crippen LogP contribution is -2.54. The van der Waals surface area contributed by atoms with E-state index in [-0.39, 0.29) is 5.57 Å². The minimum atomic E-state index is -0.783. The fraction of sp³-hybridized carbons (Fsp3) is 0.150. The Labute approximate surface area is 161 Å². The second-order valence-corrected chi connectivity index (χ2v) is 6.57. The summed E-state index contributed by atoms with van der Waals surface area (Å²) >= 11 is 6.02. The number of halogens is 1. The molecule has 0 radical (unpaired) electrons. The van der Waals surface area contributed by atoms with Gasteiger partial charge < -0.3 is 4.74 Å². The number of carbonyl (C=O) groups is 3. The Balaban J connectivity index is 2.11. The fourth-order valence-electron chi connectivity index (χ4n) is 2.81. The second-order valence-electron chi connectivity index (χ2n) is 6.13. The molecular formula is C20H17ClN2O4. The van der Waals surface area contributed by atoms with Crippen LogP contribution in [0.25, 0.3) is 6.08 Å². The van der Waals surface area contributed by atoms with Crippen LogP contribution in [0.15, 0.2) is 42.0 Å². The Bertz CT molecular complexity index is 997. The zero-order valence-corrected chi connectivity index (χ0v) is 15.8. The highest BCUT2D eigenvalue weighted by molar-refractivity contribution is 6.39. The van der Waals surface area contributed by atoms with Crippen LogP contribution in [0.5, 0.6) is 5.75 Å². The smallest absolute Gasteiger partial charge is 0.335 e. The number of hydrogen-bond acceptors (Lipinski definition) is 4. The average molecular weight is 385 g/mol. The summed E-state index contributed by atoms with van der Waals surface area (Å²) in [5, 5.41) is 2.64. The predicted octanol–water partition coefficient (Wildman–Crippen LogP) is 3.63. The van der Waals surface area contributed by atoms with Gasteiger partial charge in [-0.05, 0) is 55.3 Å². The van der Waals surface area contributed by atoms with Gasteiger partial charge in [-0.1, -0.05) is 23.7 Å². The van der Waals surface area contributed by atoms with Crippen LogP contribution in [0.3, 0.4) is 0 Å². The molecule has 27 heavy (non-hydrogen) atoms. The number of aryl methyl sites for hydroxylation is 2. The van der Waals surface area contributed by atoms with Gasteiger partial charge in [-0.15, -0.1) is 0 Å². The first-order valence-electron chi connectivity index (χ1n) is 8.14. The van der Waals surface area contributed by atoms with Crippen LogP contribution in [0.2, 0.25) is 5.02 Å². The summed E-state index contributed by atoms with van der Waals surface area (Å²) in [5.41, 5.74) is 2.32. The highest BCUT2D eigenvalue weighted by Gasteiger charge is 2.37. The molecule has 1 heterocycles. The van der Waals surface area contributed by atoms with Crippen LogP contribution in [0.1, 0.15) is 16.7 Å². The summed E-state index contributed by atoms with van der Waals surface area (Å²) in [6.07, 6.45) is 1.37. The van der Waals surface area contributed by atoms with Crippen molar-refractivity contribution in [1.29, 1.82) is 0 Å². The van der Waals surface area contributed by atoms with Gasteiger partial charge in [-0.25, -0.2) is 9.69 Å². The van der Waals surface area contributed by atoms with E-state index in [1.807, 2.05) is 19.1 Å². The summed E-state index contributed by atoms with van der Waals surface area (Å²) < 4.78 is 5.25. The fourth-order valence-corrected chi connectivity index (χ4v) is 2.99. The van der Waals surface area contributed by atoms with Crippen molar-refractivity contribution in [2.45, 2.75) is 13.8 Å². The first-order valence-corrected chi connectivity index (χ1v) is 8.52. The minimum absolute atomic E-state index is 0.184. The van der Waals surface area contributed by atoms with Crippen molar-refractivity contribution in [1.82, 2.24) is 5.32 Å². The van der Waals surface area contributed by atoms with Gasteiger partial charge in [0.2, 0.25) is 0 Å². The number of anilines is 1. The second kappa shape index (κ2) is 7.25. The molecule has 1 saturated heterocycles. The number of carbonyl (C=O) groups excluding carboxylic acids is 3. The molecule has 1 aliphatic rings.